The van der Waals surface area contributed by atoms with E-state index in [-0.39, 0.29) is 16.8 Å². The van der Waals surface area contributed by atoms with E-state index in [9.17, 15) is 9.59 Å². The number of ether oxygens (including phenoxy) is 2. The molecule has 0 spiro atoms. The molecule has 0 atom stereocenters. The normalized spacial score (nSPS) is 10.7. The first-order valence-corrected chi connectivity index (χ1v) is 7.63. The van der Waals surface area contributed by atoms with Gasteiger partial charge in [0.05, 0.1) is 24.9 Å². The second kappa shape index (κ2) is 6.48. The number of hydrogen-bond acceptors (Lipinski definition) is 5. The topological polar surface area (TPSA) is 97.7 Å². The molecule has 2 heterocycles. The van der Waals surface area contributed by atoms with Crippen LogP contribution >= 0.6 is 11.6 Å². The number of carbonyl (C=O) groups excluding carboxylic acids is 1. The van der Waals surface area contributed by atoms with Crippen molar-refractivity contribution in [1.82, 2.24) is 14.6 Å². The van der Waals surface area contributed by atoms with Gasteiger partial charge in [0.1, 0.15) is 17.0 Å². The minimum Gasteiger partial charge on any atom is -0.495 e. The number of halogens is 1. The highest BCUT2D eigenvalue weighted by molar-refractivity contribution is 6.32. The lowest BCUT2D eigenvalue weighted by Crippen LogP contribution is -2.13. The Labute approximate surface area is 147 Å². The summed E-state index contributed by atoms with van der Waals surface area (Å²) in [4.78, 5) is 27.0. The van der Waals surface area contributed by atoms with Crippen LogP contribution in [0.4, 0.5) is 5.69 Å². The van der Waals surface area contributed by atoms with E-state index in [4.69, 9.17) is 21.1 Å². The fraction of sp³-hybridized carbons (Fsp3) is 0.188. The molecular formula is C16H15ClN4O4. The van der Waals surface area contributed by atoms with Gasteiger partial charge in [-0.3, -0.25) is 9.59 Å². The molecule has 2 N–H and O–H groups in total. The number of nitrogens with one attached hydrogen (secondary N) is 2. The third kappa shape index (κ3) is 3.16. The van der Waals surface area contributed by atoms with E-state index in [1.807, 2.05) is 0 Å². The Morgan fingerprint density at radius 3 is 2.64 bits per heavy atom. The second-order valence-corrected chi connectivity index (χ2v) is 5.67. The predicted molar refractivity (Wildman–Crippen MR) is 93.1 cm³/mol. The van der Waals surface area contributed by atoms with Crippen molar-refractivity contribution in [2.75, 3.05) is 19.5 Å². The van der Waals surface area contributed by atoms with E-state index in [2.05, 4.69) is 15.4 Å². The van der Waals surface area contributed by atoms with Gasteiger partial charge in [0.25, 0.3) is 11.5 Å². The molecule has 0 aliphatic carbocycles. The van der Waals surface area contributed by atoms with Gasteiger partial charge in [-0.05, 0) is 13.0 Å². The van der Waals surface area contributed by atoms with Crippen molar-refractivity contribution in [2.24, 2.45) is 0 Å². The van der Waals surface area contributed by atoms with E-state index >= 15 is 0 Å². The standard InChI is InChI=1S/C16H15ClN4O4/c1-8-7-21-12(16(23)18-8)5-11(20-21)15(22)19-10-4-9(17)13(24-2)6-14(10)25-3/h4-7H,1-3H3,(H,18,23)(H,19,22). The Balaban J connectivity index is 1.96. The quantitative estimate of drug-likeness (QED) is 0.741. The van der Waals surface area contributed by atoms with E-state index in [1.165, 1.54) is 30.9 Å². The maximum Gasteiger partial charge on any atom is 0.276 e. The van der Waals surface area contributed by atoms with Crippen molar-refractivity contribution < 1.29 is 14.3 Å². The number of benzene rings is 1. The molecule has 0 aliphatic rings. The summed E-state index contributed by atoms with van der Waals surface area (Å²) < 4.78 is 11.7. The molecule has 0 bridgehead atoms. The number of amides is 1. The number of aromatic nitrogens is 3. The van der Waals surface area contributed by atoms with Gasteiger partial charge < -0.3 is 19.8 Å². The molecule has 0 aliphatic heterocycles. The van der Waals surface area contributed by atoms with Gasteiger partial charge in [0.15, 0.2) is 5.69 Å². The number of fused-ring (bicyclic) bond motifs is 1. The van der Waals surface area contributed by atoms with Gasteiger partial charge >= 0.3 is 0 Å². The van der Waals surface area contributed by atoms with Crippen LogP contribution in [0.25, 0.3) is 5.52 Å². The Morgan fingerprint density at radius 2 is 1.96 bits per heavy atom. The number of carbonyl (C=O) groups is 1. The predicted octanol–water partition coefficient (Wildman–Crippen LogP) is 2.25. The van der Waals surface area contributed by atoms with Crippen molar-refractivity contribution in [1.29, 1.82) is 0 Å². The van der Waals surface area contributed by atoms with Gasteiger partial charge in [0.2, 0.25) is 0 Å². The fourth-order valence-corrected chi connectivity index (χ4v) is 2.62. The molecule has 1 aromatic carbocycles. The average molecular weight is 363 g/mol. The minimum atomic E-state index is -0.500. The maximum atomic E-state index is 12.5. The number of hydrogen-bond donors (Lipinski definition) is 2. The van der Waals surface area contributed by atoms with Crippen LogP contribution in [0.5, 0.6) is 11.5 Å². The number of H-pyrrole nitrogens is 1. The van der Waals surface area contributed by atoms with E-state index < -0.39 is 5.91 Å². The molecule has 3 aromatic rings. The zero-order chi connectivity index (χ0) is 18.1. The van der Waals surface area contributed by atoms with Gasteiger partial charge in [-0.15, -0.1) is 0 Å². The number of nitrogens with zero attached hydrogens (tertiary/aromatic N) is 2. The molecule has 8 nitrogen and oxygen atoms in total. The number of rotatable bonds is 4. The molecule has 25 heavy (non-hydrogen) atoms. The summed E-state index contributed by atoms with van der Waals surface area (Å²) in [5.41, 5.74) is 1.04. The second-order valence-electron chi connectivity index (χ2n) is 5.27. The van der Waals surface area contributed by atoms with Crippen molar-refractivity contribution in [3.05, 3.63) is 51.2 Å². The number of anilines is 1. The molecule has 2 aromatic heterocycles. The van der Waals surface area contributed by atoms with Crippen molar-refractivity contribution in [2.45, 2.75) is 6.92 Å². The third-order valence-electron chi connectivity index (χ3n) is 3.55. The first-order chi connectivity index (χ1) is 11.9. The summed E-state index contributed by atoms with van der Waals surface area (Å²) in [6.45, 7) is 1.73. The van der Waals surface area contributed by atoms with Crippen LogP contribution in [-0.4, -0.2) is 34.7 Å². The van der Waals surface area contributed by atoms with Crippen LogP contribution in [0.1, 0.15) is 16.2 Å². The summed E-state index contributed by atoms with van der Waals surface area (Å²) in [6, 6.07) is 4.49. The molecule has 0 saturated heterocycles. The number of aromatic amines is 1. The SMILES string of the molecule is COc1cc(OC)c(NC(=O)c2cc3c(=O)[nH]c(C)cn3n2)cc1Cl. The molecule has 1 amide bonds. The zero-order valence-electron chi connectivity index (χ0n) is 13.7. The Morgan fingerprint density at radius 1 is 1.24 bits per heavy atom. The Hall–Kier alpha value is -3.00. The molecule has 3 rings (SSSR count). The number of aryl methyl sites for hydroxylation is 1. The molecular weight excluding hydrogens is 348 g/mol. The first kappa shape index (κ1) is 16.8. The lowest BCUT2D eigenvalue weighted by molar-refractivity contribution is 0.102. The first-order valence-electron chi connectivity index (χ1n) is 7.25. The molecule has 130 valence electrons. The highest BCUT2D eigenvalue weighted by Gasteiger charge is 2.17. The van der Waals surface area contributed by atoms with Crippen LogP contribution in [0.2, 0.25) is 5.02 Å². The highest BCUT2D eigenvalue weighted by Crippen LogP contribution is 2.36. The van der Waals surface area contributed by atoms with Crippen molar-refractivity contribution >= 4 is 28.7 Å². The lowest BCUT2D eigenvalue weighted by Gasteiger charge is -2.12. The third-order valence-corrected chi connectivity index (χ3v) is 3.85. The Bertz CT molecular complexity index is 1020. The molecule has 0 saturated carbocycles. The van der Waals surface area contributed by atoms with Crippen LogP contribution in [0.3, 0.4) is 0 Å². The number of methoxy groups -OCH3 is 2. The van der Waals surface area contributed by atoms with Crippen molar-refractivity contribution in [3.63, 3.8) is 0 Å². The lowest BCUT2D eigenvalue weighted by atomic mass is 10.2. The summed E-state index contributed by atoms with van der Waals surface area (Å²) in [7, 11) is 2.95. The minimum absolute atomic E-state index is 0.0880. The highest BCUT2D eigenvalue weighted by atomic mass is 35.5. The van der Waals surface area contributed by atoms with E-state index in [0.717, 1.165) is 0 Å². The molecule has 9 heteroatoms. The van der Waals surface area contributed by atoms with Gasteiger partial charge in [-0.25, -0.2) is 4.52 Å². The molecule has 0 fully saturated rings. The summed E-state index contributed by atoms with van der Waals surface area (Å²) >= 11 is 6.09. The summed E-state index contributed by atoms with van der Waals surface area (Å²) in [5.74, 6) is 0.304. The average Bonchev–Trinajstić information content (AvgIpc) is 2.99. The molecule has 0 unspecified atom stereocenters. The fourth-order valence-electron chi connectivity index (χ4n) is 2.38. The maximum absolute atomic E-state index is 12.5. The van der Waals surface area contributed by atoms with Crippen LogP contribution < -0.4 is 20.3 Å². The van der Waals surface area contributed by atoms with E-state index in [0.29, 0.717) is 27.9 Å². The summed E-state index contributed by atoms with van der Waals surface area (Å²) in [5, 5.41) is 7.12. The van der Waals surface area contributed by atoms with E-state index in [1.54, 1.807) is 19.2 Å². The zero-order valence-corrected chi connectivity index (χ0v) is 14.5. The Kier molecular flexibility index (Phi) is 4.37. The van der Waals surface area contributed by atoms with Crippen LogP contribution in [0, 0.1) is 6.92 Å². The van der Waals surface area contributed by atoms with Gasteiger partial charge in [-0.1, -0.05) is 11.6 Å². The largest absolute Gasteiger partial charge is 0.495 e. The molecule has 0 radical (unpaired) electrons. The van der Waals surface area contributed by atoms with Crippen LogP contribution in [0.15, 0.2) is 29.2 Å². The van der Waals surface area contributed by atoms with Gasteiger partial charge in [-0.2, -0.15) is 5.10 Å². The monoisotopic (exact) mass is 362 g/mol. The van der Waals surface area contributed by atoms with Crippen molar-refractivity contribution in [3.8, 4) is 11.5 Å². The smallest absolute Gasteiger partial charge is 0.276 e. The summed E-state index contributed by atoms with van der Waals surface area (Å²) in [6.07, 6.45) is 1.62. The van der Waals surface area contributed by atoms with Crippen LogP contribution in [-0.2, 0) is 0 Å². The van der Waals surface area contributed by atoms with Gasteiger partial charge in [0, 0.05) is 24.0 Å².